The molecule has 0 fully saturated rings. The summed E-state index contributed by atoms with van der Waals surface area (Å²) < 4.78 is 5.18. The van der Waals surface area contributed by atoms with E-state index in [4.69, 9.17) is 4.74 Å². The summed E-state index contributed by atoms with van der Waals surface area (Å²) in [6.45, 7) is 0.536. The van der Waals surface area contributed by atoms with Gasteiger partial charge in [-0.25, -0.2) is 9.97 Å². The maximum atomic E-state index is 12.0. The number of amides is 1. The Morgan fingerprint density at radius 1 is 1.25 bits per heavy atom. The predicted molar refractivity (Wildman–Crippen MR) is 95.2 cm³/mol. The average Bonchev–Trinajstić information content (AvgIpc) is 2.61. The molecule has 1 atom stereocenters. The lowest BCUT2D eigenvalue weighted by atomic mass is 10.1. The summed E-state index contributed by atoms with van der Waals surface area (Å²) in [5.41, 5.74) is 1.13. The fourth-order valence-corrected chi connectivity index (χ4v) is 2.81. The van der Waals surface area contributed by atoms with Crippen molar-refractivity contribution < 1.29 is 9.53 Å². The summed E-state index contributed by atoms with van der Waals surface area (Å²) in [6.07, 6.45) is 3.33. The second-order valence-corrected chi connectivity index (χ2v) is 6.32. The lowest BCUT2D eigenvalue weighted by Gasteiger charge is -2.25. The Labute approximate surface area is 146 Å². The first-order valence-corrected chi connectivity index (χ1v) is 8.55. The van der Waals surface area contributed by atoms with Gasteiger partial charge in [-0.1, -0.05) is 23.9 Å². The van der Waals surface area contributed by atoms with E-state index in [2.05, 4.69) is 20.2 Å². The molecular weight excluding hydrogens is 324 g/mol. The van der Waals surface area contributed by atoms with Crippen LogP contribution in [0.15, 0.2) is 47.9 Å². The van der Waals surface area contributed by atoms with E-state index >= 15 is 0 Å². The van der Waals surface area contributed by atoms with E-state index in [1.54, 1.807) is 25.6 Å². The first-order valence-electron chi connectivity index (χ1n) is 7.57. The van der Waals surface area contributed by atoms with Gasteiger partial charge in [-0.3, -0.25) is 4.79 Å². The third-order valence-electron chi connectivity index (χ3n) is 3.49. The van der Waals surface area contributed by atoms with E-state index in [9.17, 15) is 4.79 Å². The van der Waals surface area contributed by atoms with Gasteiger partial charge in [-0.05, 0) is 37.9 Å². The molecule has 0 saturated carbocycles. The Morgan fingerprint density at radius 2 is 1.92 bits per heavy atom. The summed E-state index contributed by atoms with van der Waals surface area (Å²) in [4.78, 5) is 22.3. The van der Waals surface area contributed by atoms with Gasteiger partial charge in [0.2, 0.25) is 5.91 Å². The zero-order valence-electron chi connectivity index (χ0n) is 14.1. The van der Waals surface area contributed by atoms with Crippen molar-refractivity contribution in [2.24, 2.45) is 0 Å². The highest BCUT2D eigenvalue weighted by atomic mass is 32.2. The standard InChI is InChI=1S/C17H22N4O2S/c1-21(2)15(13-5-7-14(23-3)8-6-13)11-20-16(22)12-24-17-18-9-4-10-19-17/h4-10,15H,11-12H2,1-3H3,(H,20,22). The summed E-state index contributed by atoms with van der Waals surface area (Å²) in [5, 5.41) is 3.58. The molecule has 0 radical (unpaired) electrons. The molecule has 0 spiro atoms. The molecule has 0 aliphatic heterocycles. The third-order valence-corrected chi connectivity index (χ3v) is 4.37. The fraction of sp³-hybridized carbons (Fsp3) is 0.353. The van der Waals surface area contributed by atoms with Gasteiger partial charge in [0.05, 0.1) is 18.9 Å². The molecule has 0 aliphatic rings. The van der Waals surface area contributed by atoms with Gasteiger partial charge >= 0.3 is 0 Å². The van der Waals surface area contributed by atoms with Gasteiger partial charge in [-0.15, -0.1) is 0 Å². The van der Waals surface area contributed by atoms with Crippen molar-refractivity contribution in [2.75, 3.05) is 33.5 Å². The number of aromatic nitrogens is 2. The largest absolute Gasteiger partial charge is 0.497 e. The average molecular weight is 346 g/mol. The Morgan fingerprint density at radius 3 is 2.50 bits per heavy atom. The molecule has 1 amide bonds. The van der Waals surface area contributed by atoms with Crippen LogP contribution in [0.5, 0.6) is 5.75 Å². The van der Waals surface area contributed by atoms with Crippen LogP contribution in [0.2, 0.25) is 0 Å². The third kappa shape index (κ3) is 5.50. The van der Waals surface area contributed by atoms with Gasteiger partial charge in [0.15, 0.2) is 5.16 Å². The minimum atomic E-state index is -0.0344. The maximum absolute atomic E-state index is 12.0. The number of hydrogen-bond donors (Lipinski definition) is 1. The van der Waals surface area contributed by atoms with Crippen molar-refractivity contribution in [1.29, 1.82) is 0 Å². The lowest BCUT2D eigenvalue weighted by molar-refractivity contribution is -0.118. The van der Waals surface area contributed by atoms with Crippen LogP contribution in [-0.2, 0) is 4.79 Å². The number of likely N-dealkylation sites (N-methyl/N-ethyl adjacent to an activating group) is 1. The number of ether oxygens (including phenoxy) is 1. The Kier molecular flexibility index (Phi) is 7.02. The zero-order valence-corrected chi connectivity index (χ0v) is 14.9. The van der Waals surface area contributed by atoms with E-state index in [0.717, 1.165) is 11.3 Å². The number of carbonyl (C=O) groups is 1. The van der Waals surface area contributed by atoms with Gasteiger partial charge in [0.1, 0.15) is 5.75 Å². The van der Waals surface area contributed by atoms with Gasteiger partial charge in [0.25, 0.3) is 0 Å². The van der Waals surface area contributed by atoms with Crippen molar-refractivity contribution >= 4 is 17.7 Å². The van der Waals surface area contributed by atoms with Crippen molar-refractivity contribution in [3.63, 3.8) is 0 Å². The van der Waals surface area contributed by atoms with Gasteiger partial charge in [0, 0.05) is 18.9 Å². The number of carbonyl (C=O) groups excluding carboxylic acids is 1. The van der Waals surface area contributed by atoms with Crippen LogP contribution < -0.4 is 10.1 Å². The highest BCUT2D eigenvalue weighted by Gasteiger charge is 2.15. The fourth-order valence-electron chi connectivity index (χ4n) is 2.18. The molecule has 0 aliphatic carbocycles. The maximum Gasteiger partial charge on any atom is 0.230 e. The highest BCUT2D eigenvalue weighted by molar-refractivity contribution is 7.99. The van der Waals surface area contributed by atoms with Crippen LogP contribution in [0.4, 0.5) is 0 Å². The molecule has 1 N–H and O–H groups in total. The van der Waals surface area contributed by atoms with Crippen molar-refractivity contribution in [3.05, 3.63) is 48.3 Å². The number of nitrogens with one attached hydrogen (secondary N) is 1. The number of nitrogens with zero attached hydrogens (tertiary/aromatic N) is 3. The molecule has 128 valence electrons. The summed E-state index contributed by atoms with van der Waals surface area (Å²) >= 11 is 1.32. The van der Waals surface area contributed by atoms with Crippen LogP contribution in [0.1, 0.15) is 11.6 Å². The summed E-state index contributed by atoms with van der Waals surface area (Å²) in [6, 6.07) is 9.73. The number of hydrogen-bond acceptors (Lipinski definition) is 6. The van der Waals surface area contributed by atoms with Crippen LogP contribution in [0, 0.1) is 0 Å². The van der Waals surface area contributed by atoms with Crippen molar-refractivity contribution in [2.45, 2.75) is 11.2 Å². The van der Waals surface area contributed by atoms with Crippen LogP contribution >= 0.6 is 11.8 Å². The molecule has 0 bridgehead atoms. The normalized spacial score (nSPS) is 12.0. The zero-order chi connectivity index (χ0) is 17.4. The second kappa shape index (κ2) is 9.24. The SMILES string of the molecule is COc1ccc(C(CNC(=O)CSc2ncccn2)N(C)C)cc1. The van der Waals surface area contributed by atoms with Crippen LogP contribution in [-0.4, -0.2) is 54.3 Å². The van der Waals surface area contributed by atoms with Gasteiger partial charge < -0.3 is 15.0 Å². The molecule has 1 heterocycles. The molecule has 1 unspecified atom stereocenters. The van der Waals surface area contributed by atoms with E-state index < -0.39 is 0 Å². The molecule has 1 aromatic heterocycles. The molecule has 1 aromatic carbocycles. The highest BCUT2D eigenvalue weighted by Crippen LogP contribution is 2.20. The Bertz CT molecular complexity index is 635. The Hall–Kier alpha value is -2.12. The van der Waals surface area contributed by atoms with Gasteiger partial charge in [-0.2, -0.15) is 0 Å². The number of rotatable bonds is 8. The molecule has 24 heavy (non-hydrogen) atoms. The lowest BCUT2D eigenvalue weighted by Crippen LogP contribution is -2.35. The molecule has 7 heteroatoms. The second-order valence-electron chi connectivity index (χ2n) is 5.38. The minimum absolute atomic E-state index is 0.0344. The first kappa shape index (κ1) is 18.2. The minimum Gasteiger partial charge on any atom is -0.497 e. The van der Waals surface area contributed by atoms with E-state index in [1.165, 1.54) is 11.8 Å². The van der Waals surface area contributed by atoms with E-state index in [1.807, 2.05) is 38.4 Å². The monoisotopic (exact) mass is 346 g/mol. The number of methoxy groups -OCH3 is 1. The van der Waals surface area contributed by atoms with Crippen molar-refractivity contribution in [3.8, 4) is 5.75 Å². The first-order chi connectivity index (χ1) is 11.6. The number of benzene rings is 1. The van der Waals surface area contributed by atoms with E-state index in [-0.39, 0.29) is 11.9 Å². The predicted octanol–water partition coefficient (Wildman–Crippen LogP) is 2.00. The molecule has 6 nitrogen and oxygen atoms in total. The topological polar surface area (TPSA) is 67.3 Å². The molecular formula is C17H22N4O2S. The quantitative estimate of drug-likeness (QED) is 0.582. The summed E-state index contributed by atoms with van der Waals surface area (Å²) in [7, 11) is 5.63. The molecule has 2 rings (SSSR count). The van der Waals surface area contributed by atoms with E-state index in [0.29, 0.717) is 17.5 Å². The number of thioether (sulfide) groups is 1. The molecule has 2 aromatic rings. The van der Waals surface area contributed by atoms with Crippen molar-refractivity contribution in [1.82, 2.24) is 20.2 Å². The summed E-state index contributed by atoms with van der Waals surface area (Å²) in [5.74, 6) is 1.08. The molecule has 0 saturated heterocycles. The Balaban J connectivity index is 1.87. The van der Waals surface area contributed by atoms with Crippen LogP contribution in [0.3, 0.4) is 0 Å². The van der Waals surface area contributed by atoms with Crippen LogP contribution in [0.25, 0.3) is 0 Å². The smallest absolute Gasteiger partial charge is 0.230 e.